The summed E-state index contributed by atoms with van der Waals surface area (Å²) in [6, 6.07) is 0. The monoisotopic (exact) mass is 213 g/mol. The molecule has 0 aliphatic carbocycles. The molecule has 1 aromatic heterocycles. The topological polar surface area (TPSA) is 57.0 Å². The van der Waals surface area contributed by atoms with Gasteiger partial charge in [0.2, 0.25) is 0 Å². The van der Waals surface area contributed by atoms with Crippen LogP contribution in [0.2, 0.25) is 0 Å². The smallest absolute Gasteiger partial charge is 0.316 e. The second kappa shape index (κ2) is 4.10. The van der Waals surface area contributed by atoms with E-state index in [4.69, 9.17) is 0 Å². The molecule has 0 spiro atoms. The van der Waals surface area contributed by atoms with Crippen molar-refractivity contribution >= 4 is 0 Å². The van der Waals surface area contributed by atoms with E-state index in [0.717, 1.165) is 25.1 Å². The predicted octanol–water partition coefficient (Wildman–Crippen LogP) is 0.363. The molecule has 0 bridgehead atoms. The number of hydrogen-bond acceptors (Lipinski definition) is 3. The van der Waals surface area contributed by atoms with Gasteiger partial charge in [-0.25, -0.2) is 9.56 Å². The average molecular weight is 213 g/mol. The lowest BCUT2D eigenvalue weighted by Crippen LogP contribution is -2.22. The van der Waals surface area contributed by atoms with Crippen molar-refractivity contribution in [3.05, 3.63) is 21.7 Å². The Morgan fingerprint density at radius 3 is 2.93 bits per heavy atom. The summed E-state index contributed by atoms with van der Waals surface area (Å²) in [5.41, 5.74) is 0.670. The van der Waals surface area contributed by atoms with E-state index in [-0.39, 0.29) is 5.56 Å². The summed E-state index contributed by atoms with van der Waals surface area (Å²) >= 11 is 0. The minimum atomic E-state index is -0.0666. The van der Waals surface area contributed by atoms with Crippen molar-refractivity contribution in [1.82, 2.24) is 10.1 Å². The number of nitrogens with one attached hydrogen (secondary N) is 1. The number of fused-ring (bicyclic) bond motifs is 1. The number of rotatable bonds is 2. The first-order valence-corrected chi connectivity index (χ1v) is 5.43. The summed E-state index contributed by atoms with van der Waals surface area (Å²) in [6.45, 7) is 4.13. The number of hydrogen-bond donors (Lipinski definition) is 2. The first kappa shape index (κ1) is 10.3. The van der Waals surface area contributed by atoms with Crippen molar-refractivity contribution in [3.63, 3.8) is 0 Å². The molecular formula is C10H17N2O3+. The number of nitrogens with zero attached hydrogens (tertiary/aromatic N) is 1. The van der Waals surface area contributed by atoms with Crippen LogP contribution in [-0.2, 0) is 19.4 Å². The normalized spacial score (nSPS) is 16.1. The summed E-state index contributed by atoms with van der Waals surface area (Å²) < 4.78 is 3.25. The van der Waals surface area contributed by atoms with Gasteiger partial charge in [0.1, 0.15) is 12.1 Å². The van der Waals surface area contributed by atoms with E-state index in [2.05, 4.69) is 5.32 Å². The van der Waals surface area contributed by atoms with E-state index >= 15 is 0 Å². The lowest BCUT2D eigenvalue weighted by Gasteiger charge is -1.98. The van der Waals surface area contributed by atoms with Gasteiger partial charge in [-0.1, -0.05) is 6.92 Å². The first-order chi connectivity index (χ1) is 7.25. The highest BCUT2D eigenvalue weighted by Gasteiger charge is 2.29. The van der Waals surface area contributed by atoms with Crippen LogP contribution in [0.25, 0.3) is 0 Å². The molecule has 5 heteroatoms. The summed E-state index contributed by atoms with van der Waals surface area (Å²) in [5.74, 6) is 0.693. The van der Waals surface area contributed by atoms with E-state index in [1.165, 1.54) is 4.74 Å². The molecule has 5 nitrogen and oxygen atoms in total. The van der Waals surface area contributed by atoms with Gasteiger partial charge in [0.25, 0.3) is 0 Å². The van der Waals surface area contributed by atoms with Gasteiger partial charge in [-0.2, -0.15) is 0 Å². The molecule has 0 unspecified atom stereocenters. The summed E-state index contributed by atoms with van der Waals surface area (Å²) in [5, 5.41) is 13.0. The molecule has 84 valence electrons. The SMILES string of the molecule is CCCn1c(=O)c2c([o+]1O)CCNCC2. The van der Waals surface area contributed by atoms with Crippen LogP contribution >= 0.6 is 0 Å². The van der Waals surface area contributed by atoms with Gasteiger partial charge < -0.3 is 5.32 Å². The molecule has 2 N–H and O–H groups in total. The number of aromatic nitrogens is 1. The Kier molecular flexibility index (Phi) is 2.81. The fraction of sp³-hybridized carbons (Fsp3) is 0.700. The molecule has 1 aliphatic rings. The minimum Gasteiger partial charge on any atom is -0.316 e. The van der Waals surface area contributed by atoms with E-state index in [0.29, 0.717) is 25.1 Å². The largest absolute Gasteiger partial charge is 0.338 e. The highest BCUT2D eigenvalue weighted by atomic mass is 17.2. The van der Waals surface area contributed by atoms with Crippen molar-refractivity contribution < 1.29 is 9.56 Å². The van der Waals surface area contributed by atoms with E-state index in [1.54, 1.807) is 0 Å². The van der Waals surface area contributed by atoms with Crippen LogP contribution in [-0.4, -0.2) is 23.1 Å². The molecule has 1 aromatic rings. The predicted molar refractivity (Wildman–Crippen MR) is 55.5 cm³/mol. The van der Waals surface area contributed by atoms with Crippen molar-refractivity contribution in [3.8, 4) is 0 Å². The summed E-state index contributed by atoms with van der Waals surface area (Å²) in [4.78, 5) is 11.9. The molecule has 0 saturated carbocycles. The fourth-order valence-corrected chi connectivity index (χ4v) is 2.01. The van der Waals surface area contributed by atoms with Gasteiger partial charge in [0, 0.05) is 6.54 Å². The quantitative estimate of drug-likeness (QED) is 0.551. The molecule has 2 heterocycles. The zero-order valence-electron chi connectivity index (χ0n) is 8.95. The van der Waals surface area contributed by atoms with Crippen molar-refractivity contribution in [2.45, 2.75) is 32.7 Å². The zero-order valence-corrected chi connectivity index (χ0v) is 8.95. The van der Waals surface area contributed by atoms with E-state index in [1.807, 2.05) is 11.2 Å². The Bertz CT molecular complexity index is 406. The van der Waals surface area contributed by atoms with Crippen molar-refractivity contribution in [1.29, 1.82) is 0 Å². The minimum absolute atomic E-state index is 0.0666. The van der Waals surface area contributed by atoms with Crippen molar-refractivity contribution in [2.24, 2.45) is 0 Å². The van der Waals surface area contributed by atoms with Crippen LogP contribution in [0, 0.1) is 0 Å². The second-order valence-electron chi connectivity index (χ2n) is 3.82. The molecule has 2 rings (SSSR count). The maximum Gasteiger partial charge on any atom is 0.338 e. The van der Waals surface area contributed by atoms with Crippen LogP contribution < -0.4 is 10.9 Å². The van der Waals surface area contributed by atoms with Crippen LogP contribution in [0.15, 0.2) is 9.10 Å². The molecular weight excluding hydrogens is 196 g/mol. The highest BCUT2D eigenvalue weighted by Crippen LogP contribution is 2.14. The van der Waals surface area contributed by atoms with Crippen LogP contribution in [0.3, 0.4) is 0 Å². The molecule has 1 aliphatic heterocycles. The van der Waals surface area contributed by atoms with Gasteiger partial charge in [0.05, 0.1) is 6.42 Å². The molecule has 0 amide bonds. The molecule has 15 heavy (non-hydrogen) atoms. The van der Waals surface area contributed by atoms with Gasteiger partial charge >= 0.3 is 11.3 Å². The molecule has 0 aromatic carbocycles. The van der Waals surface area contributed by atoms with Gasteiger partial charge in [0.15, 0.2) is 0 Å². The van der Waals surface area contributed by atoms with Crippen LogP contribution in [0.1, 0.15) is 24.7 Å². The van der Waals surface area contributed by atoms with Crippen LogP contribution in [0.5, 0.6) is 0 Å². The Labute approximate surface area is 87.9 Å². The first-order valence-electron chi connectivity index (χ1n) is 5.43. The average Bonchev–Trinajstić information content (AvgIpc) is 2.47. The van der Waals surface area contributed by atoms with E-state index < -0.39 is 0 Å². The summed E-state index contributed by atoms with van der Waals surface area (Å²) in [6.07, 6.45) is 2.20. The second-order valence-corrected chi connectivity index (χ2v) is 3.82. The Morgan fingerprint density at radius 2 is 2.20 bits per heavy atom. The van der Waals surface area contributed by atoms with Crippen LogP contribution in [0.4, 0.5) is 0 Å². The zero-order chi connectivity index (χ0) is 10.8. The Morgan fingerprint density at radius 1 is 1.47 bits per heavy atom. The van der Waals surface area contributed by atoms with E-state index in [9.17, 15) is 10.1 Å². The summed E-state index contributed by atoms with van der Waals surface area (Å²) in [7, 11) is 0. The molecule has 0 fully saturated rings. The molecule has 0 saturated heterocycles. The highest BCUT2D eigenvalue weighted by molar-refractivity contribution is 5.17. The van der Waals surface area contributed by atoms with Gasteiger partial charge in [-0.3, -0.25) is 4.79 Å². The van der Waals surface area contributed by atoms with Gasteiger partial charge in [-0.05, 0) is 24.1 Å². The third-order valence-corrected chi connectivity index (χ3v) is 2.76. The Hall–Kier alpha value is -1.23. The fourth-order valence-electron chi connectivity index (χ4n) is 2.01. The Balaban J connectivity index is 2.48. The van der Waals surface area contributed by atoms with Crippen molar-refractivity contribution in [2.75, 3.05) is 13.1 Å². The van der Waals surface area contributed by atoms with Gasteiger partial charge in [-0.15, -0.1) is 0 Å². The maximum atomic E-state index is 11.9. The molecule has 0 atom stereocenters. The molecule has 0 radical (unpaired) electrons. The standard InChI is InChI=1S/C10H17N2O3/c1-2-7-12-10(13)8-3-5-11-6-4-9(8)15(12)14/h11,14H,2-7H2,1H3/q+1. The third kappa shape index (κ3) is 1.67. The lowest BCUT2D eigenvalue weighted by molar-refractivity contribution is -0.331. The maximum absolute atomic E-state index is 11.9. The third-order valence-electron chi connectivity index (χ3n) is 2.76. The lowest BCUT2D eigenvalue weighted by atomic mass is 10.2.